The van der Waals surface area contributed by atoms with Crippen molar-refractivity contribution in [2.45, 2.75) is 37.8 Å². The second kappa shape index (κ2) is 5.43. The highest BCUT2D eigenvalue weighted by atomic mass is 19.2. The maximum atomic E-state index is 13.3. The molecule has 2 fully saturated rings. The molecule has 1 aromatic heterocycles. The zero-order chi connectivity index (χ0) is 15.1. The Morgan fingerprint density at radius 3 is 2.64 bits per heavy atom. The van der Waals surface area contributed by atoms with Gasteiger partial charge in [-0.25, -0.2) is 13.8 Å². The van der Waals surface area contributed by atoms with E-state index in [2.05, 4.69) is 15.3 Å². The number of benzene rings is 1. The fraction of sp³-hybridized carbons (Fsp3) is 0.500. The van der Waals surface area contributed by atoms with Crippen LogP contribution >= 0.6 is 0 Å². The molecule has 2 aromatic rings. The number of rotatable bonds is 3. The van der Waals surface area contributed by atoms with Gasteiger partial charge in [0.05, 0.1) is 23.3 Å². The lowest BCUT2D eigenvalue weighted by Crippen LogP contribution is -2.35. The highest BCUT2D eigenvalue weighted by molar-refractivity contribution is 5.75. The minimum Gasteiger partial charge on any atom is -0.378 e. The van der Waals surface area contributed by atoms with Crippen LogP contribution in [0.5, 0.6) is 0 Å². The van der Waals surface area contributed by atoms with Gasteiger partial charge >= 0.3 is 0 Å². The van der Waals surface area contributed by atoms with E-state index < -0.39 is 11.6 Å². The van der Waals surface area contributed by atoms with Gasteiger partial charge in [-0.2, -0.15) is 0 Å². The van der Waals surface area contributed by atoms with Crippen molar-refractivity contribution in [2.75, 3.05) is 11.9 Å². The summed E-state index contributed by atoms with van der Waals surface area (Å²) in [6.07, 6.45) is 6.31. The normalized spacial score (nSPS) is 25.4. The predicted octanol–water partition coefficient (Wildman–Crippen LogP) is 3.28. The van der Waals surface area contributed by atoms with E-state index in [0.29, 0.717) is 28.9 Å². The molecule has 0 radical (unpaired) electrons. The van der Waals surface area contributed by atoms with Crippen LogP contribution in [-0.2, 0) is 4.74 Å². The molecule has 0 amide bonds. The molecule has 2 heterocycles. The first-order valence-corrected chi connectivity index (χ1v) is 7.69. The van der Waals surface area contributed by atoms with Gasteiger partial charge in [0.15, 0.2) is 11.6 Å². The number of nitrogens with zero attached hydrogens (tertiary/aromatic N) is 2. The third kappa shape index (κ3) is 2.75. The summed E-state index contributed by atoms with van der Waals surface area (Å²) in [5.41, 5.74) is 0.710. The quantitative estimate of drug-likeness (QED) is 0.945. The Labute approximate surface area is 126 Å². The minimum absolute atomic E-state index is 0.288. The van der Waals surface area contributed by atoms with Crippen molar-refractivity contribution >= 4 is 16.9 Å². The Balaban J connectivity index is 1.52. The lowest BCUT2D eigenvalue weighted by molar-refractivity contribution is -0.00223. The predicted molar refractivity (Wildman–Crippen MR) is 78.6 cm³/mol. The van der Waals surface area contributed by atoms with Gasteiger partial charge in [-0.1, -0.05) is 0 Å². The number of halogens is 2. The molecule has 2 atom stereocenters. The van der Waals surface area contributed by atoms with Gasteiger partial charge in [-0.15, -0.1) is 0 Å². The summed E-state index contributed by atoms with van der Waals surface area (Å²) >= 11 is 0. The van der Waals surface area contributed by atoms with Crippen LogP contribution in [0.2, 0.25) is 0 Å². The molecule has 1 saturated carbocycles. The molecule has 2 aliphatic rings. The van der Waals surface area contributed by atoms with Gasteiger partial charge in [-0.05, 0) is 31.6 Å². The van der Waals surface area contributed by atoms with Gasteiger partial charge in [0.2, 0.25) is 0 Å². The fourth-order valence-electron chi connectivity index (χ4n) is 3.04. The average Bonchev–Trinajstić information content (AvgIpc) is 3.34. The van der Waals surface area contributed by atoms with Crippen LogP contribution in [0, 0.1) is 17.6 Å². The first kappa shape index (κ1) is 13.8. The fourth-order valence-corrected chi connectivity index (χ4v) is 3.04. The molecule has 1 aromatic carbocycles. The second-order valence-electron chi connectivity index (χ2n) is 6.12. The van der Waals surface area contributed by atoms with Crippen LogP contribution < -0.4 is 5.32 Å². The molecular formula is C16H17F2N3O. The summed E-state index contributed by atoms with van der Waals surface area (Å²) in [7, 11) is 0. The molecule has 4 rings (SSSR count). The van der Waals surface area contributed by atoms with Crippen molar-refractivity contribution in [2.24, 2.45) is 5.92 Å². The molecule has 1 aliphatic heterocycles. The largest absolute Gasteiger partial charge is 0.378 e. The van der Waals surface area contributed by atoms with Gasteiger partial charge in [-0.3, -0.25) is 4.98 Å². The summed E-state index contributed by atoms with van der Waals surface area (Å²) in [4.78, 5) is 8.49. The standard InChI is InChI=1S/C16H17F2N3O/c17-11-6-13-14(7-12(11)18)21-16(8-19-13)20-10-3-4-22-15(5-10)9-1-2-9/h6-10,15H,1-5H2,(H,20,21). The van der Waals surface area contributed by atoms with Crippen LogP contribution in [0.3, 0.4) is 0 Å². The Bertz CT molecular complexity index is 705. The minimum atomic E-state index is -0.904. The van der Waals surface area contributed by atoms with Gasteiger partial charge in [0.25, 0.3) is 0 Å². The average molecular weight is 305 g/mol. The van der Waals surface area contributed by atoms with Crippen molar-refractivity contribution in [1.82, 2.24) is 9.97 Å². The number of fused-ring (bicyclic) bond motifs is 1. The summed E-state index contributed by atoms with van der Waals surface area (Å²) in [6, 6.07) is 2.44. The van der Waals surface area contributed by atoms with E-state index in [1.54, 1.807) is 6.20 Å². The maximum absolute atomic E-state index is 13.3. The van der Waals surface area contributed by atoms with Gasteiger partial charge in [0.1, 0.15) is 5.82 Å². The second-order valence-corrected chi connectivity index (χ2v) is 6.12. The van der Waals surface area contributed by atoms with E-state index in [1.807, 2.05) is 0 Å². The zero-order valence-corrected chi connectivity index (χ0v) is 12.1. The molecule has 6 heteroatoms. The van der Waals surface area contributed by atoms with Crippen LogP contribution in [-0.4, -0.2) is 28.7 Å². The summed E-state index contributed by atoms with van der Waals surface area (Å²) in [5, 5.41) is 3.35. The van der Waals surface area contributed by atoms with E-state index in [-0.39, 0.29) is 6.04 Å². The van der Waals surface area contributed by atoms with Crippen molar-refractivity contribution in [3.05, 3.63) is 30.0 Å². The number of hydrogen-bond acceptors (Lipinski definition) is 4. The number of aromatic nitrogens is 2. The summed E-state index contributed by atoms with van der Waals surface area (Å²) in [5.74, 6) is -0.498. The van der Waals surface area contributed by atoms with Crippen molar-refractivity contribution in [3.63, 3.8) is 0 Å². The molecule has 2 unspecified atom stereocenters. The molecule has 4 nitrogen and oxygen atoms in total. The number of nitrogens with one attached hydrogen (secondary N) is 1. The van der Waals surface area contributed by atoms with E-state index >= 15 is 0 Å². The highest BCUT2D eigenvalue weighted by Gasteiger charge is 2.35. The topological polar surface area (TPSA) is 47.0 Å². The smallest absolute Gasteiger partial charge is 0.161 e. The maximum Gasteiger partial charge on any atom is 0.161 e. The number of anilines is 1. The Morgan fingerprint density at radius 2 is 1.86 bits per heavy atom. The number of hydrogen-bond donors (Lipinski definition) is 1. The van der Waals surface area contributed by atoms with Crippen LogP contribution in [0.15, 0.2) is 18.3 Å². The third-order valence-electron chi connectivity index (χ3n) is 4.40. The Kier molecular flexibility index (Phi) is 3.41. The van der Waals surface area contributed by atoms with Crippen molar-refractivity contribution in [3.8, 4) is 0 Å². The van der Waals surface area contributed by atoms with Crippen molar-refractivity contribution in [1.29, 1.82) is 0 Å². The van der Waals surface area contributed by atoms with E-state index in [1.165, 1.54) is 12.8 Å². The Morgan fingerprint density at radius 1 is 1.09 bits per heavy atom. The lowest BCUT2D eigenvalue weighted by atomic mass is 10.0. The van der Waals surface area contributed by atoms with Crippen molar-refractivity contribution < 1.29 is 13.5 Å². The number of ether oxygens (including phenoxy) is 1. The highest BCUT2D eigenvalue weighted by Crippen LogP contribution is 2.38. The first-order chi connectivity index (χ1) is 10.7. The van der Waals surface area contributed by atoms with E-state index in [4.69, 9.17) is 4.74 Å². The summed E-state index contributed by atoms with van der Waals surface area (Å²) < 4.78 is 32.3. The first-order valence-electron chi connectivity index (χ1n) is 7.69. The molecule has 22 heavy (non-hydrogen) atoms. The van der Waals surface area contributed by atoms with E-state index in [9.17, 15) is 8.78 Å². The lowest BCUT2D eigenvalue weighted by Gasteiger charge is -2.30. The Hall–Kier alpha value is -1.82. The molecule has 1 saturated heterocycles. The molecule has 0 bridgehead atoms. The molecule has 116 valence electrons. The monoisotopic (exact) mass is 305 g/mol. The van der Waals surface area contributed by atoms with Crippen LogP contribution in [0.25, 0.3) is 11.0 Å². The summed E-state index contributed by atoms with van der Waals surface area (Å²) in [6.45, 7) is 0.750. The molecule has 0 spiro atoms. The van der Waals surface area contributed by atoms with Gasteiger partial charge in [0, 0.05) is 24.8 Å². The van der Waals surface area contributed by atoms with Crippen LogP contribution in [0.1, 0.15) is 25.7 Å². The zero-order valence-electron chi connectivity index (χ0n) is 12.1. The van der Waals surface area contributed by atoms with Gasteiger partial charge < -0.3 is 10.1 Å². The van der Waals surface area contributed by atoms with E-state index in [0.717, 1.165) is 31.6 Å². The molecule has 1 N–H and O–H groups in total. The third-order valence-corrected chi connectivity index (χ3v) is 4.40. The van der Waals surface area contributed by atoms with Crippen LogP contribution in [0.4, 0.5) is 14.6 Å². The molecule has 1 aliphatic carbocycles. The SMILES string of the molecule is Fc1cc2ncc(NC3CCOC(C4CC4)C3)nc2cc1F. The molecular weight excluding hydrogens is 288 g/mol.